The summed E-state index contributed by atoms with van der Waals surface area (Å²) in [6, 6.07) is 14.5. The number of sulfonamides is 1. The third-order valence-corrected chi connectivity index (χ3v) is 9.41. The molecule has 0 radical (unpaired) electrons. The number of rotatable bonds is 12. The van der Waals surface area contributed by atoms with Crippen molar-refractivity contribution in [1.29, 1.82) is 0 Å². The molecular formula is C30H33Cl4N3O4S. The maximum absolute atomic E-state index is 14.2. The molecule has 0 aliphatic rings. The second-order valence-corrected chi connectivity index (χ2v) is 13.8. The van der Waals surface area contributed by atoms with E-state index in [0.717, 1.165) is 9.87 Å². The van der Waals surface area contributed by atoms with Crippen molar-refractivity contribution in [3.8, 4) is 0 Å². The molecule has 0 bridgehead atoms. The van der Waals surface area contributed by atoms with Crippen LogP contribution in [0.4, 0.5) is 5.69 Å². The Labute approximate surface area is 267 Å². The van der Waals surface area contributed by atoms with Crippen molar-refractivity contribution in [3.63, 3.8) is 0 Å². The topological polar surface area (TPSA) is 86.8 Å². The van der Waals surface area contributed by atoms with Gasteiger partial charge >= 0.3 is 0 Å². The highest BCUT2D eigenvalue weighted by Crippen LogP contribution is 2.33. The van der Waals surface area contributed by atoms with Gasteiger partial charge in [0.15, 0.2) is 0 Å². The number of carbonyl (C=O) groups is 2. The first kappa shape index (κ1) is 34.0. The highest BCUT2D eigenvalue weighted by atomic mass is 35.5. The molecule has 12 heteroatoms. The third kappa shape index (κ3) is 8.54. The summed E-state index contributed by atoms with van der Waals surface area (Å²) in [6.45, 7) is 7.21. The highest BCUT2D eigenvalue weighted by molar-refractivity contribution is 7.92. The summed E-state index contributed by atoms with van der Waals surface area (Å²) in [5, 5.41) is 3.91. The summed E-state index contributed by atoms with van der Waals surface area (Å²) < 4.78 is 28.9. The third-order valence-electron chi connectivity index (χ3n) is 6.49. The minimum absolute atomic E-state index is 0.0277. The van der Waals surface area contributed by atoms with Crippen molar-refractivity contribution in [2.75, 3.05) is 17.4 Å². The van der Waals surface area contributed by atoms with Gasteiger partial charge < -0.3 is 10.2 Å². The van der Waals surface area contributed by atoms with Crippen LogP contribution in [0.5, 0.6) is 0 Å². The van der Waals surface area contributed by atoms with Gasteiger partial charge in [-0.05, 0) is 67.3 Å². The summed E-state index contributed by atoms with van der Waals surface area (Å²) in [5.74, 6) is -0.820. The quantitative estimate of drug-likeness (QED) is 0.218. The van der Waals surface area contributed by atoms with Crippen molar-refractivity contribution in [3.05, 3.63) is 91.9 Å². The predicted molar refractivity (Wildman–Crippen MR) is 171 cm³/mol. The Morgan fingerprint density at radius 2 is 1.50 bits per heavy atom. The molecule has 3 rings (SSSR count). The van der Waals surface area contributed by atoms with Gasteiger partial charge in [0.05, 0.1) is 15.6 Å². The van der Waals surface area contributed by atoms with Crippen LogP contribution >= 0.6 is 46.4 Å². The van der Waals surface area contributed by atoms with Gasteiger partial charge in [-0.3, -0.25) is 13.9 Å². The first-order valence-electron chi connectivity index (χ1n) is 13.3. The molecule has 2 amide bonds. The lowest BCUT2D eigenvalue weighted by Gasteiger charge is -2.33. The van der Waals surface area contributed by atoms with E-state index in [1.54, 1.807) is 37.3 Å². The maximum atomic E-state index is 14.2. The van der Waals surface area contributed by atoms with E-state index in [2.05, 4.69) is 5.32 Å². The molecule has 0 fully saturated rings. The second-order valence-electron chi connectivity index (χ2n) is 10.2. The molecule has 0 aromatic heterocycles. The number of aryl methyl sites for hydroxylation is 1. The lowest BCUT2D eigenvalue weighted by atomic mass is 10.1. The van der Waals surface area contributed by atoms with Gasteiger partial charge in [-0.2, -0.15) is 0 Å². The molecular weight excluding hydrogens is 640 g/mol. The predicted octanol–water partition coefficient (Wildman–Crippen LogP) is 7.38. The minimum Gasteiger partial charge on any atom is -0.354 e. The van der Waals surface area contributed by atoms with Gasteiger partial charge in [0.25, 0.3) is 10.0 Å². The normalized spacial score (nSPS) is 12.2. The SMILES string of the molecule is CC[C@@H](C(=O)NCC(C)C)N(Cc1ccc(Cl)cc1Cl)C(=O)CN(c1cc(Cl)ccc1Cl)S(=O)(=O)c1ccc(C)cc1. The van der Waals surface area contributed by atoms with Crippen LogP contribution in [-0.4, -0.2) is 44.3 Å². The minimum atomic E-state index is -4.30. The molecule has 0 heterocycles. The average molecular weight is 673 g/mol. The second kappa shape index (κ2) is 14.8. The summed E-state index contributed by atoms with van der Waals surface area (Å²) in [5.41, 5.74) is 1.43. The standard InChI is InChI=1S/C30H33Cl4N3O4S/c1-5-27(30(39)35-16-19(2)3)36(17-21-8-9-22(31)14-26(21)34)29(38)18-37(28-15-23(32)10-13-25(28)33)42(40,41)24-11-6-20(4)7-12-24/h6-15,19,27H,5,16-18H2,1-4H3,(H,35,39)/t27-/m0/s1. The molecule has 226 valence electrons. The van der Waals surface area contributed by atoms with Crippen LogP contribution in [0, 0.1) is 12.8 Å². The van der Waals surface area contributed by atoms with Crippen molar-refractivity contribution < 1.29 is 18.0 Å². The maximum Gasteiger partial charge on any atom is 0.264 e. The zero-order valence-corrected chi connectivity index (χ0v) is 27.5. The Bertz CT molecular complexity index is 1530. The number of benzene rings is 3. The molecule has 42 heavy (non-hydrogen) atoms. The number of halogens is 4. The van der Waals surface area contributed by atoms with Crippen LogP contribution in [0.2, 0.25) is 20.1 Å². The molecule has 3 aromatic rings. The summed E-state index contributed by atoms with van der Waals surface area (Å²) >= 11 is 25.2. The number of nitrogens with zero attached hydrogens (tertiary/aromatic N) is 2. The molecule has 0 aliphatic heterocycles. The molecule has 0 aliphatic carbocycles. The Balaban J connectivity index is 2.11. The van der Waals surface area contributed by atoms with Gasteiger partial charge in [0.2, 0.25) is 11.8 Å². The molecule has 0 spiro atoms. The van der Waals surface area contributed by atoms with Gasteiger partial charge in [-0.15, -0.1) is 0 Å². The molecule has 0 unspecified atom stereocenters. The summed E-state index contributed by atoms with van der Waals surface area (Å²) in [7, 11) is -4.30. The van der Waals surface area contributed by atoms with Gasteiger partial charge in [0.1, 0.15) is 12.6 Å². The molecule has 1 N–H and O–H groups in total. The van der Waals surface area contributed by atoms with E-state index >= 15 is 0 Å². The van der Waals surface area contributed by atoms with E-state index < -0.39 is 28.5 Å². The Morgan fingerprint density at radius 1 is 0.881 bits per heavy atom. The van der Waals surface area contributed by atoms with Crippen LogP contribution in [0.15, 0.2) is 65.6 Å². The fourth-order valence-electron chi connectivity index (χ4n) is 4.20. The number of hydrogen-bond acceptors (Lipinski definition) is 4. The average Bonchev–Trinajstić information content (AvgIpc) is 2.93. The van der Waals surface area contributed by atoms with E-state index in [-0.39, 0.29) is 45.4 Å². The zero-order chi connectivity index (χ0) is 31.2. The number of nitrogens with one attached hydrogen (secondary N) is 1. The van der Waals surface area contributed by atoms with Crippen LogP contribution in [0.3, 0.4) is 0 Å². The first-order chi connectivity index (χ1) is 19.7. The van der Waals surface area contributed by atoms with Crippen LogP contribution < -0.4 is 9.62 Å². The number of hydrogen-bond donors (Lipinski definition) is 1. The number of carbonyl (C=O) groups excluding carboxylic acids is 2. The van der Waals surface area contributed by atoms with Gasteiger partial charge in [-0.1, -0.05) is 90.9 Å². The van der Waals surface area contributed by atoms with E-state index in [1.165, 1.54) is 35.2 Å². The van der Waals surface area contributed by atoms with Crippen LogP contribution in [-0.2, 0) is 26.2 Å². The molecule has 1 atom stereocenters. The van der Waals surface area contributed by atoms with Gasteiger partial charge in [0, 0.05) is 28.2 Å². The monoisotopic (exact) mass is 671 g/mol. The first-order valence-corrected chi connectivity index (χ1v) is 16.2. The van der Waals surface area contributed by atoms with E-state index in [4.69, 9.17) is 46.4 Å². The Morgan fingerprint density at radius 3 is 2.10 bits per heavy atom. The smallest absolute Gasteiger partial charge is 0.264 e. The van der Waals surface area contributed by atoms with Crippen LogP contribution in [0.1, 0.15) is 38.3 Å². The Kier molecular flexibility index (Phi) is 12.0. The Hall–Kier alpha value is -2.49. The van der Waals surface area contributed by atoms with Crippen molar-refractivity contribution >= 4 is 73.9 Å². The molecule has 3 aromatic carbocycles. The fraction of sp³-hybridized carbons (Fsp3) is 0.333. The van der Waals surface area contributed by atoms with Crippen molar-refractivity contribution in [2.24, 2.45) is 5.92 Å². The molecule has 7 nitrogen and oxygen atoms in total. The number of amides is 2. The van der Waals surface area contributed by atoms with Gasteiger partial charge in [-0.25, -0.2) is 8.42 Å². The van der Waals surface area contributed by atoms with E-state index in [0.29, 0.717) is 22.2 Å². The zero-order valence-electron chi connectivity index (χ0n) is 23.7. The lowest BCUT2D eigenvalue weighted by Crippen LogP contribution is -2.52. The fourth-order valence-corrected chi connectivity index (χ4v) is 6.53. The van der Waals surface area contributed by atoms with Crippen molar-refractivity contribution in [2.45, 2.75) is 51.6 Å². The molecule has 0 saturated heterocycles. The largest absolute Gasteiger partial charge is 0.354 e. The molecule has 0 saturated carbocycles. The highest BCUT2D eigenvalue weighted by Gasteiger charge is 2.34. The van der Waals surface area contributed by atoms with E-state index in [9.17, 15) is 18.0 Å². The summed E-state index contributed by atoms with van der Waals surface area (Å²) in [4.78, 5) is 28.8. The lowest BCUT2D eigenvalue weighted by molar-refractivity contribution is -0.140. The van der Waals surface area contributed by atoms with Crippen molar-refractivity contribution in [1.82, 2.24) is 10.2 Å². The van der Waals surface area contributed by atoms with Crippen LogP contribution in [0.25, 0.3) is 0 Å². The van der Waals surface area contributed by atoms with E-state index in [1.807, 2.05) is 20.8 Å². The summed E-state index contributed by atoms with van der Waals surface area (Å²) in [6.07, 6.45) is 0.267. The number of anilines is 1.